The summed E-state index contributed by atoms with van der Waals surface area (Å²) < 4.78 is 13.9. The fourth-order valence-corrected chi connectivity index (χ4v) is 3.73. The Morgan fingerprint density at radius 1 is 1.00 bits per heavy atom. The molecule has 1 unspecified atom stereocenters. The van der Waals surface area contributed by atoms with Crippen molar-refractivity contribution in [2.45, 2.75) is 46.8 Å². The van der Waals surface area contributed by atoms with Crippen LogP contribution in [0.2, 0.25) is 0 Å². The highest BCUT2D eigenvalue weighted by atomic mass is 16.5. The van der Waals surface area contributed by atoms with Gasteiger partial charge in [-0.25, -0.2) is 4.68 Å². The third kappa shape index (κ3) is 7.42. The summed E-state index contributed by atoms with van der Waals surface area (Å²) in [4.78, 5) is 2.25. The van der Waals surface area contributed by atoms with Crippen molar-refractivity contribution in [2.24, 2.45) is 5.92 Å². The molecule has 0 aliphatic heterocycles. The topological polar surface area (TPSA) is 59.8 Å². The Morgan fingerprint density at radius 3 is 2.30 bits per heavy atom. The van der Waals surface area contributed by atoms with Crippen molar-refractivity contribution < 1.29 is 14.6 Å². The van der Waals surface area contributed by atoms with E-state index in [2.05, 4.69) is 25.7 Å². The van der Waals surface area contributed by atoms with Gasteiger partial charge in [-0.3, -0.25) is 4.90 Å². The van der Waals surface area contributed by atoms with Crippen molar-refractivity contribution in [2.75, 3.05) is 26.3 Å². The average Bonchev–Trinajstić information content (AvgIpc) is 3.10. The first kappa shape index (κ1) is 25.0. The summed E-state index contributed by atoms with van der Waals surface area (Å²) in [6.07, 6.45) is 0.443. The van der Waals surface area contributed by atoms with Gasteiger partial charge in [-0.15, -0.1) is 0 Å². The van der Waals surface area contributed by atoms with Crippen molar-refractivity contribution in [3.8, 4) is 17.3 Å². The van der Waals surface area contributed by atoms with E-state index in [4.69, 9.17) is 14.6 Å². The van der Waals surface area contributed by atoms with Gasteiger partial charge in [0.05, 0.1) is 29.7 Å². The first-order chi connectivity index (χ1) is 16.0. The minimum atomic E-state index is -0.543. The van der Waals surface area contributed by atoms with Crippen LogP contribution in [0.4, 0.5) is 0 Å². The maximum Gasteiger partial charge on any atom is 0.227 e. The first-order valence-corrected chi connectivity index (χ1v) is 11.8. The Morgan fingerprint density at radius 2 is 1.67 bits per heavy atom. The molecule has 6 heteroatoms. The van der Waals surface area contributed by atoms with E-state index in [1.54, 1.807) is 0 Å². The van der Waals surface area contributed by atoms with Crippen LogP contribution in [0.1, 0.15) is 38.4 Å². The molecular formula is C27H37N3O3. The molecule has 1 heterocycles. The molecule has 0 saturated carbocycles. The molecule has 0 radical (unpaired) electrons. The number of aliphatic hydroxyl groups excluding tert-OH is 1. The molecule has 0 fully saturated rings. The smallest absolute Gasteiger partial charge is 0.227 e. The summed E-state index contributed by atoms with van der Waals surface area (Å²) in [5, 5.41) is 15.4. The van der Waals surface area contributed by atoms with Crippen molar-refractivity contribution in [1.29, 1.82) is 0 Å². The molecule has 0 amide bonds. The predicted octanol–water partition coefficient (Wildman–Crippen LogP) is 5.22. The van der Waals surface area contributed by atoms with E-state index >= 15 is 0 Å². The van der Waals surface area contributed by atoms with Crippen LogP contribution in [-0.4, -0.2) is 52.2 Å². The molecule has 0 aliphatic carbocycles. The normalized spacial score (nSPS) is 12.5. The SMILES string of the molecule is CCCN(Cc1c(C)nn(-c2ccccc2)c1Oc1ccccc1)CC(O)COCC(C)C. The second-order valence-corrected chi connectivity index (χ2v) is 8.85. The highest BCUT2D eigenvalue weighted by molar-refractivity contribution is 5.43. The highest BCUT2D eigenvalue weighted by Crippen LogP contribution is 2.31. The van der Waals surface area contributed by atoms with E-state index in [0.29, 0.717) is 38.1 Å². The van der Waals surface area contributed by atoms with Crippen LogP contribution < -0.4 is 4.74 Å². The number of hydrogen-bond donors (Lipinski definition) is 1. The number of rotatable bonds is 13. The van der Waals surface area contributed by atoms with Crippen LogP contribution in [0.5, 0.6) is 11.6 Å². The molecule has 178 valence electrons. The molecule has 33 heavy (non-hydrogen) atoms. The number of aliphatic hydroxyl groups is 1. The van der Waals surface area contributed by atoms with Crippen LogP contribution in [0, 0.1) is 12.8 Å². The van der Waals surface area contributed by atoms with Crippen molar-refractivity contribution in [3.05, 3.63) is 71.9 Å². The highest BCUT2D eigenvalue weighted by Gasteiger charge is 2.22. The van der Waals surface area contributed by atoms with Crippen LogP contribution in [-0.2, 0) is 11.3 Å². The molecule has 1 atom stereocenters. The largest absolute Gasteiger partial charge is 0.439 e. The van der Waals surface area contributed by atoms with E-state index in [-0.39, 0.29) is 0 Å². The van der Waals surface area contributed by atoms with Gasteiger partial charge in [0, 0.05) is 19.7 Å². The molecule has 0 spiro atoms. The molecule has 0 saturated heterocycles. The van der Waals surface area contributed by atoms with E-state index in [1.807, 2.05) is 72.3 Å². The zero-order chi connectivity index (χ0) is 23.6. The van der Waals surface area contributed by atoms with E-state index in [0.717, 1.165) is 35.7 Å². The van der Waals surface area contributed by atoms with Crippen molar-refractivity contribution >= 4 is 0 Å². The number of aromatic nitrogens is 2. The van der Waals surface area contributed by atoms with Crippen molar-refractivity contribution in [1.82, 2.24) is 14.7 Å². The molecule has 3 aromatic rings. The van der Waals surface area contributed by atoms with E-state index < -0.39 is 6.10 Å². The third-order valence-electron chi connectivity index (χ3n) is 5.25. The fourth-order valence-electron chi connectivity index (χ4n) is 3.73. The Balaban J connectivity index is 1.85. The number of hydrogen-bond acceptors (Lipinski definition) is 5. The van der Waals surface area contributed by atoms with Gasteiger partial charge in [0.15, 0.2) is 0 Å². The second-order valence-electron chi connectivity index (χ2n) is 8.85. The van der Waals surface area contributed by atoms with Gasteiger partial charge in [0.2, 0.25) is 5.88 Å². The zero-order valence-corrected chi connectivity index (χ0v) is 20.3. The molecule has 3 rings (SSSR count). The zero-order valence-electron chi connectivity index (χ0n) is 20.3. The standard InChI is InChI=1S/C27H37N3O3/c1-5-16-29(17-24(31)20-32-19-21(2)3)18-26-22(4)28-30(23-12-8-6-9-13-23)27(26)33-25-14-10-7-11-15-25/h6-15,21,24,31H,5,16-20H2,1-4H3. The van der Waals surface area contributed by atoms with Crippen molar-refractivity contribution in [3.63, 3.8) is 0 Å². The van der Waals surface area contributed by atoms with Gasteiger partial charge < -0.3 is 14.6 Å². The summed E-state index contributed by atoms with van der Waals surface area (Å²) in [6.45, 7) is 11.4. The quantitative estimate of drug-likeness (QED) is 0.386. The molecule has 2 aromatic carbocycles. The van der Waals surface area contributed by atoms with E-state index in [1.165, 1.54) is 0 Å². The lowest BCUT2D eigenvalue weighted by atomic mass is 10.2. The Hall–Kier alpha value is -2.67. The fraction of sp³-hybridized carbons (Fsp3) is 0.444. The van der Waals surface area contributed by atoms with Crippen LogP contribution in [0.3, 0.4) is 0 Å². The van der Waals surface area contributed by atoms with Crippen LogP contribution in [0.25, 0.3) is 5.69 Å². The van der Waals surface area contributed by atoms with Crippen LogP contribution in [0.15, 0.2) is 60.7 Å². The lowest BCUT2D eigenvalue weighted by Crippen LogP contribution is -2.35. The maximum absolute atomic E-state index is 10.6. The molecule has 0 aliphatic rings. The van der Waals surface area contributed by atoms with Gasteiger partial charge in [-0.05, 0) is 50.1 Å². The predicted molar refractivity (Wildman–Crippen MR) is 132 cm³/mol. The van der Waals surface area contributed by atoms with Gasteiger partial charge in [-0.2, -0.15) is 5.10 Å². The Labute approximate surface area is 197 Å². The minimum absolute atomic E-state index is 0.341. The summed E-state index contributed by atoms with van der Waals surface area (Å²) >= 11 is 0. The van der Waals surface area contributed by atoms with Gasteiger partial charge in [0.1, 0.15) is 5.75 Å². The monoisotopic (exact) mass is 451 g/mol. The maximum atomic E-state index is 10.6. The molecule has 0 bridgehead atoms. The average molecular weight is 452 g/mol. The molecule has 6 nitrogen and oxygen atoms in total. The van der Waals surface area contributed by atoms with Gasteiger partial charge >= 0.3 is 0 Å². The minimum Gasteiger partial charge on any atom is -0.439 e. The number of aryl methyl sites for hydroxylation is 1. The molecule has 1 aromatic heterocycles. The molecular weight excluding hydrogens is 414 g/mol. The number of benzene rings is 2. The summed E-state index contributed by atoms with van der Waals surface area (Å²) in [7, 11) is 0. The van der Waals surface area contributed by atoms with Crippen LogP contribution >= 0.6 is 0 Å². The summed E-state index contributed by atoms with van der Waals surface area (Å²) in [5.74, 6) is 1.92. The Kier molecular flexibility index (Phi) is 9.48. The Bertz CT molecular complexity index is 958. The van der Waals surface area contributed by atoms with Gasteiger partial charge in [0.25, 0.3) is 0 Å². The second kappa shape index (κ2) is 12.5. The summed E-state index contributed by atoms with van der Waals surface area (Å²) in [6, 6.07) is 19.8. The lowest BCUT2D eigenvalue weighted by molar-refractivity contribution is 0.00681. The molecule has 1 N–H and O–H groups in total. The number of ether oxygens (including phenoxy) is 2. The number of nitrogens with zero attached hydrogens (tertiary/aromatic N) is 3. The van der Waals surface area contributed by atoms with E-state index in [9.17, 15) is 5.11 Å². The summed E-state index contributed by atoms with van der Waals surface area (Å²) in [5.41, 5.74) is 2.88. The first-order valence-electron chi connectivity index (χ1n) is 11.8. The number of para-hydroxylation sites is 2. The third-order valence-corrected chi connectivity index (χ3v) is 5.25. The lowest BCUT2D eigenvalue weighted by Gasteiger charge is -2.25. The van der Waals surface area contributed by atoms with Gasteiger partial charge in [-0.1, -0.05) is 57.2 Å².